The van der Waals surface area contributed by atoms with E-state index >= 15 is 0 Å². The molecule has 194 valence electrons. The number of aliphatic hydroxyl groups excluding tert-OH is 1. The number of rotatable bonds is 9. The van der Waals surface area contributed by atoms with Crippen LogP contribution in [0.4, 0.5) is 0 Å². The molecule has 0 spiro atoms. The van der Waals surface area contributed by atoms with Crippen LogP contribution < -0.4 is 9.47 Å². The van der Waals surface area contributed by atoms with E-state index in [1.54, 1.807) is 18.2 Å². The van der Waals surface area contributed by atoms with Crippen LogP contribution in [0.25, 0.3) is 5.76 Å². The highest BCUT2D eigenvalue weighted by Crippen LogP contribution is 2.43. The van der Waals surface area contributed by atoms with Gasteiger partial charge in [-0.05, 0) is 48.9 Å². The number of likely N-dealkylation sites (tertiary alicyclic amines) is 1. The Morgan fingerprint density at radius 3 is 2.08 bits per heavy atom. The minimum atomic E-state index is -0.757. The Morgan fingerprint density at radius 2 is 1.58 bits per heavy atom. The number of hydrogen-bond donors (Lipinski definition) is 1. The zero-order valence-corrected chi connectivity index (χ0v) is 22.3. The van der Waals surface area contributed by atoms with Crippen molar-refractivity contribution in [3.05, 3.63) is 64.7 Å². The fraction of sp³-hybridized carbons (Fsp3) is 0.448. The van der Waals surface area contributed by atoms with Gasteiger partial charge in [-0.3, -0.25) is 9.59 Å². The Balaban J connectivity index is 2.15. The van der Waals surface area contributed by atoms with E-state index in [0.717, 1.165) is 11.1 Å². The van der Waals surface area contributed by atoms with Crippen molar-refractivity contribution in [3.8, 4) is 11.5 Å². The van der Waals surface area contributed by atoms with Crippen molar-refractivity contribution in [2.24, 2.45) is 0 Å². The van der Waals surface area contributed by atoms with E-state index in [4.69, 9.17) is 14.2 Å². The van der Waals surface area contributed by atoms with Gasteiger partial charge in [0.2, 0.25) is 0 Å². The molecule has 1 N–H and O–H groups in total. The van der Waals surface area contributed by atoms with Gasteiger partial charge in [0.15, 0.2) is 0 Å². The van der Waals surface area contributed by atoms with E-state index in [9.17, 15) is 14.7 Å². The summed E-state index contributed by atoms with van der Waals surface area (Å²) in [6.45, 7) is 11.0. The molecule has 1 atom stereocenters. The van der Waals surface area contributed by atoms with Gasteiger partial charge < -0.3 is 24.2 Å². The maximum absolute atomic E-state index is 13.4. The lowest BCUT2D eigenvalue weighted by Gasteiger charge is -2.27. The van der Waals surface area contributed by atoms with Crippen LogP contribution >= 0.6 is 0 Å². The molecule has 3 rings (SSSR count). The van der Waals surface area contributed by atoms with Crippen LogP contribution in [0.5, 0.6) is 11.5 Å². The van der Waals surface area contributed by atoms with E-state index < -0.39 is 17.7 Å². The van der Waals surface area contributed by atoms with E-state index in [1.807, 2.05) is 38.1 Å². The average Bonchev–Trinajstić information content (AvgIpc) is 3.10. The first kappa shape index (κ1) is 27.3. The standard InChI is InChI=1S/C29H37NO6/c1-18(2)36-17-9-16-30-25(19-12-14-20(15-13-19)29(3,4)5)24(27(32)28(30)33)26(31)23-21(34-6)10-8-11-22(23)35-7/h8,10-15,18,25,31H,9,16-17H2,1-7H3/b26-24+. The molecule has 0 bridgehead atoms. The highest BCUT2D eigenvalue weighted by Gasteiger charge is 2.46. The molecule has 7 nitrogen and oxygen atoms in total. The Kier molecular flexibility index (Phi) is 8.46. The minimum Gasteiger partial charge on any atom is -0.506 e. The van der Waals surface area contributed by atoms with Gasteiger partial charge in [0.25, 0.3) is 11.7 Å². The molecule has 7 heteroatoms. The highest BCUT2D eigenvalue weighted by atomic mass is 16.5. The number of nitrogens with zero attached hydrogens (tertiary/aromatic N) is 1. The van der Waals surface area contributed by atoms with E-state index in [0.29, 0.717) is 31.1 Å². The summed E-state index contributed by atoms with van der Waals surface area (Å²) < 4.78 is 16.6. The first-order valence-electron chi connectivity index (χ1n) is 12.2. The number of ketones is 1. The summed E-state index contributed by atoms with van der Waals surface area (Å²) in [7, 11) is 2.95. The number of hydrogen-bond acceptors (Lipinski definition) is 6. The second-order valence-electron chi connectivity index (χ2n) is 10.2. The molecule has 1 heterocycles. The van der Waals surface area contributed by atoms with Gasteiger partial charge >= 0.3 is 0 Å². The molecule has 1 saturated heterocycles. The predicted molar refractivity (Wildman–Crippen MR) is 139 cm³/mol. The Labute approximate surface area is 213 Å². The lowest BCUT2D eigenvalue weighted by atomic mass is 9.85. The monoisotopic (exact) mass is 495 g/mol. The van der Waals surface area contributed by atoms with Crippen LogP contribution in [0.3, 0.4) is 0 Å². The number of Topliss-reactive ketones (excluding diaryl/α,β-unsaturated/α-hetero) is 1. The summed E-state index contributed by atoms with van der Waals surface area (Å²) in [4.78, 5) is 28.1. The summed E-state index contributed by atoms with van der Waals surface area (Å²) in [5.74, 6) is -1.04. The Bertz CT molecular complexity index is 1110. The molecule has 0 radical (unpaired) electrons. The number of benzene rings is 2. The molecule has 2 aromatic carbocycles. The van der Waals surface area contributed by atoms with Crippen LogP contribution in [-0.4, -0.2) is 55.2 Å². The van der Waals surface area contributed by atoms with Crippen molar-refractivity contribution < 1.29 is 28.9 Å². The van der Waals surface area contributed by atoms with E-state index in [2.05, 4.69) is 20.8 Å². The second-order valence-corrected chi connectivity index (χ2v) is 10.2. The molecule has 2 aromatic rings. The molecular formula is C29H37NO6. The first-order valence-corrected chi connectivity index (χ1v) is 12.2. The fourth-order valence-corrected chi connectivity index (χ4v) is 4.40. The molecular weight excluding hydrogens is 458 g/mol. The number of aliphatic hydroxyl groups is 1. The van der Waals surface area contributed by atoms with Crippen molar-refractivity contribution in [2.45, 2.75) is 58.6 Å². The molecule has 36 heavy (non-hydrogen) atoms. The lowest BCUT2D eigenvalue weighted by Crippen LogP contribution is -2.31. The molecule has 1 amide bonds. The average molecular weight is 496 g/mol. The maximum atomic E-state index is 13.4. The first-order chi connectivity index (χ1) is 17.0. The smallest absolute Gasteiger partial charge is 0.295 e. The van der Waals surface area contributed by atoms with Crippen LogP contribution in [0.1, 0.15) is 63.8 Å². The third kappa shape index (κ3) is 5.57. The molecule has 1 unspecified atom stereocenters. The van der Waals surface area contributed by atoms with Crippen LogP contribution in [-0.2, 0) is 19.7 Å². The molecule has 0 saturated carbocycles. The Morgan fingerprint density at radius 1 is 1.00 bits per heavy atom. The topological polar surface area (TPSA) is 85.3 Å². The van der Waals surface area contributed by atoms with Crippen molar-refractivity contribution in [3.63, 3.8) is 0 Å². The fourth-order valence-electron chi connectivity index (χ4n) is 4.40. The third-order valence-corrected chi connectivity index (χ3v) is 6.29. The number of carbonyl (C=O) groups is 2. The van der Waals surface area contributed by atoms with Crippen molar-refractivity contribution in [1.82, 2.24) is 4.90 Å². The van der Waals surface area contributed by atoms with Crippen LogP contribution in [0.15, 0.2) is 48.0 Å². The van der Waals surface area contributed by atoms with Crippen molar-refractivity contribution >= 4 is 17.4 Å². The van der Waals surface area contributed by atoms with Gasteiger partial charge in [0.05, 0.1) is 31.9 Å². The van der Waals surface area contributed by atoms with Crippen molar-refractivity contribution in [1.29, 1.82) is 0 Å². The van der Waals surface area contributed by atoms with Crippen LogP contribution in [0.2, 0.25) is 0 Å². The number of ether oxygens (including phenoxy) is 3. The zero-order chi connectivity index (χ0) is 26.6. The van der Waals surface area contributed by atoms with Crippen molar-refractivity contribution in [2.75, 3.05) is 27.4 Å². The molecule has 0 aliphatic carbocycles. The second kappa shape index (κ2) is 11.2. The zero-order valence-electron chi connectivity index (χ0n) is 22.3. The highest BCUT2D eigenvalue weighted by molar-refractivity contribution is 6.46. The summed E-state index contributed by atoms with van der Waals surface area (Å²) in [5, 5.41) is 11.5. The van der Waals surface area contributed by atoms with Gasteiger partial charge in [-0.2, -0.15) is 0 Å². The Hall–Kier alpha value is -3.32. The van der Waals surface area contributed by atoms with Gasteiger partial charge in [-0.25, -0.2) is 0 Å². The molecule has 1 aliphatic rings. The number of methoxy groups -OCH3 is 2. The SMILES string of the molecule is COc1cccc(OC)c1/C(O)=C1\C(=O)C(=O)N(CCCOC(C)C)C1c1ccc(C(C)(C)C)cc1. The molecule has 1 aliphatic heterocycles. The summed E-state index contributed by atoms with van der Waals surface area (Å²) in [5.41, 5.74) is 2.05. The van der Waals surface area contributed by atoms with Gasteiger partial charge in [0, 0.05) is 13.2 Å². The quantitative estimate of drug-likeness (QED) is 0.222. The van der Waals surface area contributed by atoms with E-state index in [1.165, 1.54) is 19.1 Å². The lowest BCUT2D eigenvalue weighted by molar-refractivity contribution is -0.140. The maximum Gasteiger partial charge on any atom is 0.295 e. The molecule has 1 fully saturated rings. The van der Waals surface area contributed by atoms with Gasteiger partial charge in [0.1, 0.15) is 22.8 Å². The summed E-state index contributed by atoms with van der Waals surface area (Å²) in [6.07, 6.45) is 0.624. The summed E-state index contributed by atoms with van der Waals surface area (Å²) >= 11 is 0. The largest absolute Gasteiger partial charge is 0.506 e. The normalized spacial score (nSPS) is 17.7. The summed E-state index contributed by atoms with van der Waals surface area (Å²) in [6, 6.07) is 12.1. The van der Waals surface area contributed by atoms with E-state index in [-0.39, 0.29) is 28.4 Å². The number of amides is 1. The minimum absolute atomic E-state index is 0.0103. The van der Waals surface area contributed by atoms with Gasteiger partial charge in [-0.1, -0.05) is 51.1 Å². The number of carbonyl (C=O) groups excluding carboxylic acids is 2. The van der Waals surface area contributed by atoms with Crippen LogP contribution in [0, 0.1) is 0 Å². The van der Waals surface area contributed by atoms with Gasteiger partial charge in [-0.15, -0.1) is 0 Å². The third-order valence-electron chi connectivity index (χ3n) is 6.29. The predicted octanol–water partition coefficient (Wildman–Crippen LogP) is 5.24. The molecule has 0 aromatic heterocycles.